The first kappa shape index (κ1) is 17.8. The third-order valence-corrected chi connectivity index (χ3v) is 6.18. The van der Waals surface area contributed by atoms with E-state index < -0.39 is 0 Å². The SMILES string of the molecule is O=C1[C@H]2CCCN2C(=O)N1CCCN1CCN(c2cccc(Br)c2)CC1. The van der Waals surface area contributed by atoms with Crippen molar-refractivity contribution in [1.82, 2.24) is 14.7 Å². The molecule has 0 bridgehead atoms. The Morgan fingerprint density at radius 2 is 1.85 bits per heavy atom. The topological polar surface area (TPSA) is 47.1 Å². The van der Waals surface area contributed by atoms with Crippen molar-refractivity contribution in [3.63, 3.8) is 0 Å². The van der Waals surface area contributed by atoms with Gasteiger partial charge in [-0.05, 0) is 44.0 Å². The summed E-state index contributed by atoms with van der Waals surface area (Å²) in [5, 5.41) is 0. The molecule has 0 saturated carbocycles. The second-order valence-corrected chi connectivity index (χ2v) is 8.20. The van der Waals surface area contributed by atoms with Gasteiger partial charge in [-0.2, -0.15) is 0 Å². The van der Waals surface area contributed by atoms with Crippen molar-refractivity contribution < 1.29 is 9.59 Å². The van der Waals surface area contributed by atoms with Gasteiger partial charge in [0.15, 0.2) is 0 Å². The molecule has 1 aromatic carbocycles. The summed E-state index contributed by atoms with van der Waals surface area (Å²) in [6, 6.07) is 8.18. The average molecular weight is 421 g/mol. The molecule has 140 valence electrons. The van der Waals surface area contributed by atoms with Crippen molar-refractivity contribution in [2.75, 3.05) is 50.7 Å². The Balaban J connectivity index is 1.22. The zero-order chi connectivity index (χ0) is 18.1. The average Bonchev–Trinajstić information content (AvgIpc) is 3.22. The van der Waals surface area contributed by atoms with Gasteiger partial charge in [0.2, 0.25) is 0 Å². The number of hydrogen-bond donors (Lipinski definition) is 0. The van der Waals surface area contributed by atoms with Crippen LogP contribution in [0.15, 0.2) is 28.7 Å². The fraction of sp³-hybridized carbons (Fsp3) is 0.579. The summed E-state index contributed by atoms with van der Waals surface area (Å²) in [6.45, 7) is 6.28. The minimum atomic E-state index is -0.170. The monoisotopic (exact) mass is 420 g/mol. The molecule has 7 heteroatoms. The molecule has 1 aromatic rings. The van der Waals surface area contributed by atoms with Gasteiger partial charge in [-0.15, -0.1) is 0 Å². The highest BCUT2D eigenvalue weighted by atomic mass is 79.9. The first-order valence-electron chi connectivity index (χ1n) is 9.48. The third kappa shape index (κ3) is 3.47. The quantitative estimate of drug-likeness (QED) is 0.686. The van der Waals surface area contributed by atoms with Crippen molar-refractivity contribution in [3.05, 3.63) is 28.7 Å². The number of hydrogen-bond acceptors (Lipinski definition) is 4. The Hall–Kier alpha value is -1.60. The predicted molar refractivity (Wildman–Crippen MR) is 104 cm³/mol. The molecule has 0 aliphatic carbocycles. The summed E-state index contributed by atoms with van der Waals surface area (Å²) in [7, 11) is 0. The van der Waals surface area contributed by atoms with E-state index in [0.29, 0.717) is 6.54 Å². The zero-order valence-corrected chi connectivity index (χ0v) is 16.5. The van der Waals surface area contributed by atoms with Gasteiger partial charge in [0.1, 0.15) is 6.04 Å². The molecule has 26 heavy (non-hydrogen) atoms. The van der Waals surface area contributed by atoms with Gasteiger partial charge in [-0.1, -0.05) is 22.0 Å². The molecule has 0 aromatic heterocycles. The normalized spacial score (nSPS) is 23.9. The van der Waals surface area contributed by atoms with Crippen LogP contribution in [-0.4, -0.2) is 78.5 Å². The number of anilines is 1. The molecule has 1 atom stereocenters. The van der Waals surface area contributed by atoms with Crippen LogP contribution in [0.3, 0.4) is 0 Å². The Morgan fingerprint density at radius 1 is 1.04 bits per heavy atom. The fourth-order valence-corrected chi connectivity index (χ4v) is 4.63. The maximum absolute atomic E-state index is 12.3. The number of halogens is 1. The number of piperazine rings is 1. The zero-order valence-electron chi connectivity index (χ0n) is 14.9. The first-order valence-corrected chi connectivity index (χ1v) is 10.3. The van der Waals surface area contributed by atoms with Crippen LogP contribution in [0, 0.1) is 0 Å². The van der Waals surface area contributed by atoms with Crippen LogP contribution in [0.1, 0.15) is 19.3 Å². The molecule has 3 aliphatic rings. The number of urea groups is 1. The number of imide groups is 1. The number of carbonyl (C=O) groups excluding carboxylic acids is 2. The van der Waals surface area contributed by atoms with Crippen molar-refractivity contribution in [1.29, 1.82) is 0 Å². The van der Waals surface area contributed by atoms with Crippen molar-refractivity contribution in [2.24, 2.45) is 0 Å². The molecule has 0 N–H and O–H groups in total. The van der Waals surface area contributed by atoms with Gasteiger partial charge < -0.3 is 9.80 Å². The van der Waals surface area contributed by atoms with E-state index in [9.17, 15) is 9.59 Å². The number of amides is 3. The summed E-state index contributed by atoms with van der Waals surface area (Å²) in [6.07, 6.45) is 2.64. The van der Waals surface area contributed by atoms with Crippen LogP contribution < -0.4 is 4.90 Å². The fourth-order valence-electron chi connectivity index (χ4n) is 4.24. The third-order valence-electron chi connectivity index (χ3n) is 5.68. The largest absolute Gasteiger partial charge is 0.369 e. The van der Waals surface area contributed by atoms with Crippen LogP contribution in [0.4, 0.5) is 10.5 Å². The molecule has 3 aliphatic heterocycles. The first-order chi connectivity index (χ1) is 12.6. The smallest absolute Gasteiger partial charge is 0.327 e. The van der Waals surface area contributed by atoms with E-state index in [1.807, 2.05) is 6.07 Å². The molecule has 0 unspecified atom stereocenters. The van der Waals surface area contributed by atoms with Crippen molar-refractivity contribution in [2.45, 2.75) is 25.3 Å². The highest BCUT2D eigenvalue weighted by molar-refractivity contribution is 9.10. The van der Waals surface area contributed by atoms with Crippen LogP contribution in [0.5, 0.6) is 0 Å². The molecule has 4 rings (SSSR count). The van der Waals surface area contributed by atoms with Crippen molar-refractivity contribution >= 4 is 33.6 Å². The van der Waals surface area contributed by atoms with Crippen LogP contribution in [0.25, 0.3) is 0 Å². The van der Waals surface area contributed by atoms with E-state index in [1.165, 1.54) is 10.6 Å². The van der Waals surface area contributed by atoms with E-state index in [0.717, 1.165) is 63.0 Å². The molecule has 0 spiro atoms. The Labute approximate surface area is 162 Å². The number of rotatable bonds is 5. The van der Waals surface area contributed by atoms with E-state index >= 15 is 0 Å². The maximum atomic E-state index is 12.3. The van der Waals surface area contributed by atoms with Gasteiger partial charge in [-0.25, -0.2) is 4.79 Å². The Bertz CT molecular complexity index is 668. The Morgan fingerprint density at radius 3 is 2.58 bits per heavy atom. The summed E-state index contributed by atoms with van der Waals surface area (Å²) in [5.74, 6) is 0.0203. The van der Waals surface area contributed by atoms with E-state index in [1.54, 1.807) is 4.90 Å². The van der Waals surface area contributed by atoms with Crippen LogP contribution in [0.2, 0.25) is 0 Å². The molecule has 3 heterocycles. The number of nitrogens with zero attached hydrogens (tertiary/aromatic N) is 4. The minimum absolute atomic E-state index is 0.0203. The van der Waals surface area contributed by atoms with Crippen LogP contribution in [-0.2, 0) is 4.79 Å². The van der Waals surface area contributed by atoms with E-state index in [2.05, 4.69) is 43.9 Å². The van der Waals surface area contributed by atoms with Gasteiger partial charge in [-0.3, -0.25) is 14.6 Å². The molecule has 6 nitrogen and oxygen atoms in total. The van der Waals surface area contributed by atoms with E-state index in [4.69, 9.17) is 0 Å². The van der Waals surface area contributed by atoms with Crippen LogP contribution >= 0.6 is 15.9 Å². The predicted octanol–water partition coefficient (Wildman–Crippen LogP) is 2.39. The van der Waals surface area contributed by atoms with Gasteiger partial charge in [0.25, 0.3) is 5.91 Å². The van der Waals surface area contributed by atoms with E-state index in [-0.39, 0.29) is 18.0 Å². The molecule has 0 radical (unpaired) electrons. The highest BCUT2D eigenvalue weighted by Gasteiger charge is 2.46. The molecular formula is C19H25BrN4O2. The maximum Gasteiger partial charge on any atom is 0.327 e. The molecule has 3 amide bonds. The molecule has 3 fully saturated rings. The number of carbonyl (C=O) groups is 2. The lowest BCUT2D eigenvalue weighted by Gasteiger charge is -2.36. The van der Waals surface area contributed by atoms with Gasteiger partial charge >= 0.3 is 6.03 Å². The summed E-state index contributed by atoms with van der Waals surface area (Å²) in [5.41, 5.74) is 1.26. The lowest BCUT2D eigenvalue weighted by molar-refractivity contribution is -0.128. The molecule has 3 saturated heterocycles. The number of fused-ring (bicyclic) bond motifs is 1. The lowest BCUT2D eigenvalue weighted by Crippen LogP contribution is -2.47. The second kappa shape index (κ2) is 7.56. The van der Waals surface area contributed by atoms with Gasteiger partial charge in [0.05, 0.1) is 0 Å². The molecular weight excluding hydrogens is 396 g/mol. The minimum Gasteiger partial charge on any atom is -0.369 e. The summed E-state index contributed by atoms with van der Waals surface area (Å²) >= 11 is 3.53. The van der Waals surface area contributed by atoms with Gasteiger partial charge in [0, 0.05) is 49.4 Å². The number of benzene rings is 1. The highest BCUT2D eigenvalue weighted by Crippen LogP contribution is 2.27. The lowest BCUT2D eigenvalue weighted by atomic mass is 10.2. The summed E-state index contributed by atoms with van der Waals surface area (Å²) in [4.78, 5) is 32.7. The second-order valence-electron chi connectivity index (χ2n) is 7.29. The van der Waals surface area contributed by atoms with Crippen molar-refractivity contribution in [3.8, 4) is 0 Å². The summed E-state index contributed by atoms with van der Waals surface area (Å²) < 4.78 is 1.11. The standard InChI is InChI=1S/C19H25BrN4O2/c20-15-4-1-5-16(14-15)22-12-10-21(11-13-22)7-3-9-24-18(25)17-6-2-8-23(17)19(24)26/h1,4-5,14,17H,2-3,6-13H2/t17-/m1/s1. The Kier molecular flexibility index (Phi) is 5.18.